The summed E-state index contributed by atoms with van der Waals surface area (Å²) in [5, 5.41) is 1.67. The molecule has 1 heterocycles. The van der Waals surface area contributed by atoms with Crippen molar-refractivity contribution >= 4 is 45.8 Å². The largest absolute Gasteiger partial charge is 0.462 e. The van der Waals surface area contributed by atoms with E-state index in [2.05, 4.69) is 22.0 Å². The van der Waals surface area contributed by atoms with Crippen molar-refractivity contribution in [2.24, 2.45) is 0 Å². The van der Waals surface area contributed by atoms with Gasteiger partial charge in [-0.2, -0.15) is 0 Å². The predicted octanol–water partition coefficient (Wildman–Crippen LogP) is 5.74. The number of ether oxygens (including phenoxy) is 1. The minimum atomic E-state index is -0.412. The molecule has 3 aromatic rings. The summed E-state index contributed by atoms with van der Waals surface area (Å²) in [4.78, 5) is 19.1. The Morgan fingerprint density at radius 1 is 1.15 bits per heavy atom. The standard InChI is InChI=1S/C21H20Cl2N2O2/c1-3-25(13-14-8-6-5-7-9-14)20-16-10-15(22)11-18(23)19(16)24-12-17(20)21(26)27-4-2/h5-12H,3-4,13H2,1-2H3. The van der Waals surface area contributed by atoms with Crippen molar-refractivity contribution in [3.8, 4) is 0 Å². The van der Waals surface area contributed by atoms with Crippen molar-refractivity contribution in [2.75, 3.05) is 18.1 Å². The Bertz CT molecular complexity index is 961. The first-order valence-corrected chi connectivity index (χ1v) is 9.54. The number of carbonyl (C=O) groups excluding carboxylic acids is 1. The average Bonchev–Trinajstić information content (AvgIpc) is 2.66. The van der Waals surface area contributed by atoms with Gasteiger partial charge in [0.15, 0.2) is 0 Å². The average molecular weight is 403 g/mol. The normalized spacial score (nSPS) is 10.8. The van der Waals surface area contributed by atoms with Crippen LogP contribution in [0, 0.1) is 0 Å². The Labute approximate surface area is 168 Å². The molecule has 0 bridgehead atoms. The van der Waals surface area contributed by atoms with E-state index in [1.165, 1.54) is 6.20 Å². The zero-order valence-corrected chi connectivity index (χ0v) is 16.7. The summed E-state index contributed by atoms with van der Waals surface area (Å²) >= 11 is 12.6. The van der Waals surface area contributed by atoms with Crippen molar-refractivity contribution in [3.63, 3.8) is 0 Å². The van der Waals surface area contributed by atoms with Crippen LogP contribution in [0.5, 0.6) is 0 Å². The minimum Gasteiger partial charge on any atom is -0.462 e. The summed E-state index contributed by atoms with van der Waals surface area (Å²) in [5.41, 5.74) is 2.87. The van der Waals surface area contributed by atoms with E-state index in [1.807, 2.05) is 25.1 Å². The smallest absolute Gasteiger partial charge is 0.341 e. The van der Waals surface area contributed by atoms with E-state index < -0.39 is 5.97 Å². The highest BCUT2D eigenvalue weighted by molar-refractivity contribution is 6.38. The van der Waals surface area contributed by atoms with Crippen LogP contribution in [-0.2, 0) is 11.3 Å². The van der Waals surface area contributed by atoms with Crippen LogP contribution in [0.4, 0.5) is 5.69 Å². The number of hydrogen-bond donors (Lipinski definition) is 0. The van der Waals surface area contributed by atoms with Crippen LogP contribution in [0.25, 0.3) is 10.9 Å². The third-order valence-electron chi connectivity index (χ3n) is 4.27. The molecule has 6 heteroatoms. The van der Waals surface area contributed by atoms with E-state index in [0.29, 0.717) is 34.2 Å². The zero-order chi connectivity index (χ0) is 19.4. The minimum absolute atomic E-state index is 0.289. The van der Waals surface area contributed by atoms with Crippen molar-refractivity contribution in [1.82, 2.24) is 4.98 Å². The third-order valence-corrected chi connectivity index (χ3v) is 4.78. The molecule has 27 heavy (non-hydrogen) atoms. The van der Waals surface area contributed by atoms with Gasteiger partial charge in [0.1, 0.15) is 5.56 Å². The maximum atomic E-state index is 12.6. The molecule has 0 spiro atoms. The molecular weight excluding hydrogens is 383 g/mol. The predicted molar refractivity (Wildman–Crippen MR) is 111 cm³/mol. The lowest BCUT2D eigenvalue weighted by Gasteiger charge is -2.27. The Morgan fingerprint density at radius 3 is 2.56 bits per heavy atom. The Hall–Kier alpha value is -2.30. The van der Waals surface area contributed by atoms with E-state index in [4.69, 9.17) is 27.9 Å². The number of hydrogen-bond acceptors (Lipinski definition) is 4. The van der Waals surface area contributed by atoms with Crippen LogP contribution in [0.2, 0.25) is 10.0 Å². The fraction of sp³-hybridized carbons (Fsp3) is 0.238. The first-order valence-electron chi connectivity index (χ1n) is 8.78. The lowest BCUT2D eigenvalue weighted by Crippen LogP contribution is -2.25. The van der Waals surface area contributed by atoms with Crippen LogP contribution in [-0.4, -0.2) is 24.1 Å². The SMILES string of the molecule is CCOC(=O)c1cnc2c(Cl)cc(Cl)cc2c1N(CC)Cc1ccccc1. The number of benzene rings is 2. The molecule has 1 aromatic heterocycles. The van der Waals surface area contributed by atoms with Gasteiger partial charge in [0.05, 0.1) is 22.8 Å². The molecule has 140 valence electrons. The number of aromatic nitrogens is 1. The van der Waals surface area contributed by atoms with Crippen molar-refractivity contribution in [1.29, 1.82) is 0 Å². The van der Waals surface area contributed by atoms with Gasteiger partial charge in [-0.15, -0.1) is 0 Å². The Morgan fingerprint density at radius 2 is 1.89 bits per heavy atom. The summed E-state index contributed by atoms with van der Waals surface area (Å²) < 4.78 is 5.25. The van der Waals surface area contributed by atoms with Crippen molar-refractivity contribution < 1.29 is 9.53 Å². The quantitative estimate of drug-likeness (QED) is 0.492. The highest BCUT2D eigenvalue weighted by Crippen LogP contribution is 2.36. The van der Waals surface area contributed by atoms with Gasteiger partial charge < -0.3 is 9.64 Å². The number of fused-ring (bicyclic) bond motifs is 1. The second-order valence-electron chi connectivity index (χ2n) is 6.02. The summed E-state index contributed by atoms with van der Waals surface area (Å²) in [5.74, 6) is -0.412. The first kappa shape index (κ1) is 19.5. The zero-order valence-electron chi connectivity index (χ0n) is 15.2. The summed E-state index contributed by atoms with van der Waals surface area (Å²) in [6.45, 7) is 5.42. The van der Waals surface area contributed by atoms with Gasteiger partial charge in [-0.3, -0.25) is 4.98 Å². The molecule has 0 aliphatic heterocycles. The number of esters is 1. The highest BCUT2D eigenvalue weighted by atomic mass is 35.5. The molecule has 0 atom stereocenters. The van der Waals surface area contributed by atoms with Gasteiger partial charge >= 0.3 is 5.97 Å². The number of nitrogens with zero attached hydrogens (tertiary/aromatic N) is 2. The van der Waals surface area contributed by atoms with E-state index in [-0.39, 0.29) is 6.61 Å². The monoisotopic (exact) mass is 402 g/mol. The summed E-state index contributed by atoms with van der Waals surface area (Å²) in [6, 6.07) is 13.5. The van der Waals surface area contributed by atoms with Crippen LogP contribution >= 0.6 is 23.2 Å². The highest BCUT2D eigenvalue weighted by Gasteiger charge is 2.22. The fourth-order valence-corrected chi connectivity index (χ4v) is 3.61. The second kappa shape index (κ2) is 8.59. The van der Waals surface area contributed by atoms with Gasteiger partial charge in [0, 0.05) is 29.7 Å². The van der Waals surface area contributed by atoms with Crippen molar-refractivity contribution in [2.45, 2.75) is 20.4 Å². The molecule has 3 rings (SSSR count). The van der Waals surface area contributed by atoms with Crippen LogP contribution in [0.1, 0.15) is 29.8 Å². The molecule has 0 radical (unpaired) electrons. The number of rotatable bonds is 6. The first-order chi connectivity index (χ1) is 13.0. The number of halogens is 2. The molecule has 2 aromatic carbocycles. The molecule has 0 saturated heterocycles. The lowest BCUT2D eigenvalue weighted by atomic mass is 10.1. The van der Waals surface area contributed by atoms with Gasteiger partial charge in [-0.25, -0.2) is 4.79 Å². The van der Waals surface area contributed by atoms with Gasteiger partial charge in [-0.1, -0.05) is 53.5 Å². The number of pyridine rings is 1. The van der Waals surface area contributed by atoms with Gasteiger partial charge in [0.25, 0.3) is 0 Å². The van der Waals surface area contributed by atoms with Crippen LogP contribution < -0.4 is 4.90 Å². The molecular formula is C21H20Cl2N2O2. The molecule has 0 N–H and O–H groups in total. The van der Waals surface area contributed by atoms with E-state index in [0.717, 1.165) is 16.6 Å². The summed E-state index contributed by atoms with van der Waals surface area (Å²) in [7, 11) is 0. The third kappa shape index (κ3) is 4.18. The van der Waals surface area contributed by atoms with Crippen LogP contribution in [0.15, 0.2) is 48.7 Å². The topological polar surface area (TPSA) is 42.4 Å². The molecule has 0 fully saturated rings. The number of carbonyl (C=O) groups is 1. The Balaban J connectivity index is 2.22. The molecule has 0 amide bonds. The molecule has 0 unspecified atom stereocenters. The maximum Gasteiger partial charge on any atom is 0.341 e. The fourth-order valence-electron chi connectivity index (χ4n) is 3.06. The van der Waals surface area contributed by atoms with E-state index >= 15 is 0 Å². The van der Waals surface area contributed by atoms with E-state index in [1.54, 1.807) is 19.1 Å². The summed E-state index contributed by atoms with van der Waals surface area (Å²) in [6.07, 6.45) is 1.53. The van der Waals surface area contributed by atoms with Crippen molar-refractivity contribution in [3.05, 3.63) is 69.8 Å². The van der Waals surface area contributed by atoms with Crippen LogP contribution in [0.3, 0.4) is 0 Å². The van der Waals surface area contributed by atoms with Gasteiger partial charge in [-0.05, 0) is 31.5 Å². The molecule has 4 nitrogen and oxygen atoms in total. The second-order valence-corrected chi connectivity index (χ2v) is 6.87. The molecule has 0 aliphatic carbocycles. The Kier molecular flexibility index (Phi) is 6.19. The molecule has 0 aliphatic rings. The maximum absolute atomic E-state index is 12.6. The van der Waals surface area contributed by atoms with Gasteiger partial charge in [0.2, 0.25) is 0 Å². The molecule has 0 saturated carbocycles. The van der Waals surface area contributed by atoms with E-state index in [9.17, 15) is 4.79 Å². The number of anilines is 1. The lowest BCUT2D eigenvalue weighted by molar-refractivity contribution is 0.0527.